The molecule has 3 nitrogen and oxygen atoms in total. The monoisotopic (exact) mass is 344 g/mol. The molecule has 0 unspecified atom stereocenters. The molecule has 0 fully saturated rings. The summed E-state index contributed by atoms with van der Waals surface area (Å²) in [5, 5.41) is 0.158. The van der Waals surface area contributed by atoms with E-state index < -0.39 is 17.7 Å². The highest BCUT2D eigenvalue weighted by atomic mass is 35.5. The molecular weight excluding hydrogens is 333 g/mol. The van der Waals surface area contributed by atoms with Crippen LogP contribution in [0.4, 0.5) is 13.2 Å². The van der Waals surface area contributed by atoms with E-state index in [1.165, 1.54) is 38.5 Å². The Hall–Kier alpha value is -2.21. The molecule has 0 aliphatic heterocycles. The summed E-state index contributed by atoms with van der Waals surface area (Å²) in [6.45, 7) is 0. The summed E-state index contributed by atoms with van der Waals surface area (Å²) in [5.74, 6) is -0.508. The van der Waals surface area contributed by atoms with Gasteiger partial charge in [-0.05, 0) is 35.4 Å². The third kappa shape index (κ3) is 3.59. The molecule has 0 saturated carbocycles. The number of esters is 1. The molecule has 23 heavy (non-hydrogen) atoms. The molecule has 0 amide bonds. The Bertz CT molecular complexity index is 725. The van der Waals surface area contributed by atoms with Gasteiger partial charge in [0, 0.05) is 0 Å². The third-order valence-electron chi connectivity index (χ3n) is 3.20. The van der Waals surface area contributed by atoms with Crippen LogP contribution in [-0.2, 0) is 10.9 Å². The number of halogens is 4. The normalized spacial score (nSPS) is 11.2. The van der Waals surface area contributed by atoms with Crippen molar-refractivity contribution < 1.29 is 27.4 Å². The van der Waals surface area contributed by atoms with Crippen molar-refractivity contribution >= 4 is 17.6 Å². The van der Waals surface area contributed by atoms with Gasteiger partial charge in [-0.2, -0.15) is 13.2 Å². The molecule has 0 heterocycles. The van der Waals surface area contributed by atoms with Crippen molar-refractivity contribution in [3.63, 3.8) is 0 Å². The molecule has 0 aliphatic rings. The number of ether oxygens (including phenoxy) is 2. The Morgan fingerprint density at radius 1 is 1.04 bits per heavy atom. The zero-order valence-electron chi connectivity index (χ0n) is 12.2. The molecule has 0 radical (unpaired) electrons. The van der Waals surface area contributed by atoms with Gasteiger partial charge in [0.05, 0.1) is 24.8 Å². The van der Waals surface area contributed by atoms with Crippen LogP contribution in [-0.4, -0.2) is 20.2 Å². The van der Waals surface area contributed by atoms with Gasteiger partial charge < -0.3 is 9.47 Å². The van der Waals surface area contributed by atoms with Gasteiger partial charge in [-0.3, -0.25) is 0 Å². The van der Waals surface area contributed by atoms with Gasteiger partial charge in [0.15, 0.2) is 5.75 Å². The maximum atomic E-state index is 12.6. The Balaban J connectivity index is 2.52. The van der Waals surface area contributed by atoms with E-state index in [0.29, 0.717) is 11.1 Å². The first-order valence-electron chi connectivity index (χ1n) is 6.41. The summed E-state index contributed by atoms with van der Waals surface area (Å²) in [5.41, 5.74) is 0.295. The highest BCUT2D eigenvalue weighted by Gasteiger charge is 2.30. The molecule has 0 N–H and O–H groups in total. The largest absolute Gasteiger partial charge is 0.494 e. The molecule has 0 spiro atoms. The minimum absolute atomic E-state index is 0.0948. The lowest BCUT2D eigenvalue weighted by Gasteiger charge is -2.12. The first-order chi connectivity index (χ1) is 10.8. The molecule has 0 saturated heterocycles. The SMILES string of the molecule is COC(=O)c1cc(-c2ccc(C(F)(F)F)cc2)cc(Cl)c1OC. The number of carbonyl (C=O) groups is 1. The van der Waals surface area contributed by atoms with Crippen molar-refractivity contribution in [2.45, 2.75) is 6.18 Å². The van der Waals surface area contributed by atoms with Gasteiger partial charge in [-0.15, -0.1) is 0 Å². The third-order valence-corrected chi connectivity index (χ3v) is 3.48. The lowest BCUT2D eigenvalue weighted by atomic mass is 10.0. The van der Waals surface area contributed by atoms with Gasteiger partial charge in [-0.25, -0.2) is 4.79 Å². The highest BCUT2D eigenvalue weighted by molar-refractivity contribution is 6.33. The number of alkyl halides is 3. The van der Waals surface area contributed by atoms with Crippen molar-refractivity contribution in [3.8, 4) is 16.9 Å². The second-order valence-corrected chi connectivity index (χ2v) is 5.01. The van der Waals surface area contributed by atoms with Crippen LogP contribution in [0.25, 0.3) is 11.1 Å². The number of hydrogen-bond donors (Lipinski definition) is 0. The summed E-state index contributed by atoms with van der Waals surface area (Å²) in [4.78, 5) is 11.8. The van der Waals surface area contributed by atoms with Gasteiger partial charge in [0.25, 0.3) is 0 Å². The summed E-state index contributed by atoms with van der Waals surface area (Å²) in [6.07, 6.45) is -4.41. The van der Waals surface area contributed by atoms with E-state index in [4.69, 9.17) is 16.3 Å². The number of carbonyl (C=O) groups excluding carboxylic acids is 1. The lowest BCUT2D eigenvalue weighted by molar-refractivity contribution is -0.137. The summed E-state index contributed by atoms with van der Waals surface area (Å²) in [7, 11) is 2.56. The molecule has 0 atom stereocenters. The molecule has 0 bridgehead atoms. The quantitative estimate of drug-likeness (QED) is 0.749. The van der Waals surface area contributed by atoms with E-state index in [1.807, 2.05) is 0 Å². The average molecular weight is 345 g/mol. The first kappa shape index (κ1) is 17.1. The molecule has 2 rings (SSSR count). The van der Waals surface area contributed by atoms with E-state index in [0.717, 1.165) is 12.1 Å². The topological polar surface area (TPSA) is 35.5 Å². The van der Waals surface area contributed by atoms with Crippen LogP contribution in [0.1, 0.15) is 15.9 Å². The minimum Gasteiger partial charge on any atom is -0.494 e. The smallest absolute Gasteiger partial charge is 0.416 e. The number of rotatable bonds is 3. The lowest BCUT2D eigenvalue weighted by Crippen LogP contribution is -2.05. The van der Waals surface area contributed by atoms with E-state index in [9.17, 15) is 18.0 Å². The van der Waals surface area contributed by atoms with Crippen molar-refractivity contribution in [3.05, 3.63) is 52.5 Å². The van der Waals surface area contributed by atoms with Crippen LogP contribution in [0.3, 0.4) is 0 Å². The van der Waals surface area contributed by atoms with Gasteiger partial charge >= 0.3 is 12.1 Å². The van der Waals surface area contributed by atoms with E-state index >= 15 is 0 Å². The van der Waals surface area contributed by atoms with Gasteiger partial charge in [-0.1, -0.05) is 23.7 Å². The Morgan fingerprint density at radius 3 is 2.13 bits per heavy atom. The fraction of sp³-hybridized carbons (Fsp3) is 0.188. The van der Waals surface area contributed by atoms with Gasteiger partial charge in [0.1, 0.15) is 5.56 Å². The van der Waals surface area contributed by atoms with Crippen LogP contribution in [0.15, 0.2) is 36.4 Å². The number of hydrogen-bond acceptors (Lipinski definition) is 3. The Morgan fingerprint density at radius 2 is 1.65 bits per heavy atom. The second kappa shape index (κ2) is 6.50. The first-order valence-corrected chi connectivity index (χ1v) is 6.79. The van der Waals surface area contributed by atoms with E-state index in [-0.39, 0.29) is 16.3 Å². The zero-order valence-corrected chi connectivity index (χ0v) is 13.0. The fourth-order valence-electron chi connectivity index (χ4n) is 2.08. The zero-order chi connectivity index (χ0) is 17.2. The van der Waals surface area contributed by atoms with Crippen LogP contribution >= 0.6 is 11.6 Å². The van der Waals surface area contributed by atoms with Crippen molar-refractivity contribution in [1.82, 2.24) is 0 Å². The number of methoxy groups -OCH3 is 2. The van der Waals surface area contributed by atoms with E-state index in [2.05, 4.69) is 4.74 Å². The van der Waals surface area contributed by atoms with Crippen LogP contribution in [0.2, 0.25) is 5.02 Å². The Kier molecular flexibility index (Phi) is 4.85. The maximum Gasteiger partial charge on any atom is 0.416 e. The van der Waals surface area contributed by atoms with Crippen LogP contribution < -0.4 is 4.74 Å². The van der Waals surface area contributed by atoms with Crippen molar-refractivity contribution in [1.29, 1.82) is 0 Å². The van der Waals surface area contributed by atoms with E-state index in [1.54, 1.807) is 0 Å². The Labute approximate surface area is 135 Å². The number of benzene rings is 2. The van der Waals surface area contributed by atoms with Crippen LogP contribution in [0.5, 0.6) is 5.75 Å². The molecule has 2 aromatic carbocycles. The molecule has 2 aromatic rings. The average Bonchev–Trinajstić information content (AvgIpc) is 2.52. The molecule has 122 valence electrons. The standard InChI is InChI=1S/C16H12ClF3O3/c1-22-14-12(15(21)23-2)7-10(8-13(14)17)9-3-5-11(6-4-9)16(18,19)20/h3-8H,1-2H3. The second-order valence-electron chi connectivity index (χ2n) is 4.61. The fourth-order valence-corrected chi connectivity index (χ4v) is 2.38. The summed E-state index contributed by atoms with van der Waals surface area (Å²) in [6, 6.07) is 7.51. The van der Waals surface area contributed by atoms with Crippen molar-refractivity contribution in [2.75, 3.05) is 14.2 Å². The van der Waals surface area contributed by atoms with Crippen molar-refractivity contribution in [2.24, 2.45) is 0 Å². The predicted octanol–water partition coefficient (Wildman–Crippen LogP) is 4.82. The predicted molar refractivity (Wildman–Crippen MR) is 79.8 cm³/mol. The summed E-state index contributed by atoms with van der Waals surface area (Å²) < 4.78 is 47.5. The molecular formula is C16H12ClF3O3. The summed E-state index contributed by atoms with van der Waals surface area (Å²) >= 11 is 6.08. The molecule has 0 aliphatic carbocycles. The molecule has 7 heteroatoms. The molecule has 0 aromatic heterocycles. The minimum atomic E-state index is -4.41. The highest BCUT2D eigenvalue weighted by Crippen LogP contribution is 2.36. The maximum absolute atomic E-state index is 12.6. The van der Waals surface area contributed by atoms with Crippen LogP contribution in [0, 0.1) is 0 Å². The van der Waals surface area contributed by atoms with Gasteiger partial charge in [0.2, 0.25) is 0 Å².